The van der Waals surface area contributed by atoms with Gasteiger partial charge >= 0.3 is 5.97 Å². The van der Waals surface area contributed by atoms with E-state index in [9.17, 15) is 4.79 Å². The maximum absolute atomic E-state index is 10.1. The van der Waals surface area contributed by atoms with Crippen molar-refractivity contribution < 1.29 is 9.90 Å². The largest absolute Gasteiger partial charge is 0.478 e. The lowest BCUT2D eigenvalue weighted by Crippen LogP contribution is -1.94. The van der Waals surface area contributed by atoms with E-state index in [1.165, 1.54) is 0 Å². The number of carbonyl (C=O) groups is 1. The number of carboxylic acids is 1. The first kappa shape index (κ1) is 13.5. The fraction of sp³-hybridized carbons (Fsp3) is 0.444. The van der Waals surface area contributed by atoms with Crippen LogP contribution in [-0.4, -0.2) is 25.2 Å². The molecule has 2 N–H and O–H groups in total. The van der Waals surface area contributed by atoms with Crippen molar-refractivity contribution in [2.45, 2.75) is 13.3 Å². The molecule has 0 aliphatic carbocycles. The highest BCUT2D eigenvalue weighted by Gasteiger charge is 1.95. The third-order valence-corrected chi connectivity index (χ3v) is 0.928. The van der Waals surface area contributed by atoms with Crippen molar-refractivity contribution in [3.05, 3.63) is 24.3 Å². The Bertz CT molecular complexity index is 162. The van der Waals surface area contributed by atoms with Gasteiger partial charge in [0.1, 0.15) is 0 Å². The molecular formula is C9H17NO2. The summed E-state index contributed by atoms with van der Waals surface area (Å²) >= 11 is 0. The Hall–Kier alpha value is -1.09. The fourth-order valence-electron chi connectivity index (χ4n) is 0.347. The first-order chi connectivity index (χ1) is 5.59. The Kier molecular flexibility index (Phi) is 11.1. The van der Waals surface area contributed by atoms with Gasteiger partial charge in [-0.2, -0.15) is 0 Å². The van der Waals surface area contributed by atoms with Crippen LogP contribution in [0.15, 0.2) is 24.3 Å². The summed E-state index contributed by atoms with van der Waals surface area (Å²) in [6.07, 6.45) is 3.90. The third kappa shape index (κ3) is 11.7. The van der Waals surface area contributed by atoms with E-state index in [0.29, 0.717) is 12.0 Å². The fourth-order valence-corrected chi connectivity index (χ4v) is 0.347. The van der Waals surface area contributed by atoms with Crippen LogP contribution in [0.3, 0.4) is 0 Å². The van der Waals surface area contributed by atoms with Gasteiger partial charge in [0.15, 0.2) is 0 Å². The first-order valence-corrected chi connectivity index (χ1v) is 3.69. The molecule has 0 rings (SSSR count). The van der Waals surface area contributed by atoms with E-state index < -0.39 is 5.97 Å². The topological polar surface area (TPSA) is 49.3 Å². The van der Waals surface area contributed by atoms with E-state index in [-0.39, 0.29) is 0 Å². The molecule has 0 aromatic carbocycles. The highest BCUT2D eigenvalue weighted by atomic mass is 16.4. The molecular weight excluding hydrogens is 154 g/mol. The molecule has 3 nitrogen and oxygen atoms in total. The van der Waals surface area contributed by atoms with E-state index in [1.807, 2.05) is 14.1 Å². The number of rotatable bonds is 3. The minimum atomic E-state index is -0.864. The maximum Gasteiger partial charge on any atom is 0.330 e. The van der Waals surface area contributed by atoms with Gasteiger partial charge in [-0.1, -0.05) is 12.2 Å². The smallest absolute Gasteiger partial charge is 0.330 e. The number of aliphatic carboxylic acids is 1. The molecule has 0 aliphatic rings. The van der Waals surface area contributed by atoms with E-state index in [4.69, 9.17) is 5.11 Å². The Morgan fingerprint density at radius 2 is 2.00 bits per heavy atom. The van der Waals surface area contributed by atoms with Crippen molar-refractivity contribution in [3.63, 3.8) is 0 Å². The van der Waals surface area contributed by atoms with Crippen molar-refractivity contribution >= 4 is 5.97 Å². The summed E-state index contributed by atoms with van der Waals surface area (Å²) in [5.41, 5.74) is 0.370. The minimum absolute atomic E-state index is 0.370. The lowest BCUT2D eigenvalue weighted by atomic mass is 10.2. The zero-order valence-corrected chi connectivity index (χ0v) is 7.92. The number of carboxylic acid groups (broad SMARTS) is 1. The third-order valence-electron chi connectivity index (χ3n) is 0.928. The second-order valence-electron chi connectivity index (χ2n) is 2.22. The maximum atomic E-state index is 10.1. The molecule has 0 unspecified atom stereocenters. The number of allylic oxidation sites excluding steroid dienone is 2. The van der Waals surface area contributed by atoms with Gasteiger partial charge in [-0.25, -0.2) is 4.79 Å². The highest BCUT2D eigenvalue weighted by molar-refractivity contribution is 5.85. The lowest BCUT2D eigenvalue weighted by Gasteiger charge is -1.87. The molecule has 0 amide bonds. The SMILES string of the molecule is C=CCC=C(C)C(=O)O.CNC. The highest BCUT2D eigenvalue weighted by Crippen LogP contribution is 1.94. The molecule has 0 bridgehead atoms. The Balaban J connectivity index is 0. The monoisotopic (exact) mass is 171 g/mol. The molecule has 12 heavy (non-hydrogen) atoms. The second-order valence-corrected chi connectivity index (χ2v) is 2.22. The summed E-state index contributed by atoms with van der Waals surface area (Å²) in [5.74, 6) is -0.864. The van der Waals surface area contributed by atoms with Crippen LogP contribution < -0.4 is 5.32 Å². The van der Waals surface area contributed by atoms with Crippen LogP contribution in [0.1, 0.15) is 13.3 Å². The summed E-state index contributed by atoms with van der Waals surface area (Å²) in [4.78, 5) is 10.1. The zero-order chi connectivity index (χ0) is 9.98. The van der Waals surface area contributed by atoms with Gasteiger partial charge in [-0.3, -0.25) is 0 Å². The van der Waals surface area contributed by atoms with E-state index >= 15 is 0 Å². The van der Waals surface area contributed by atoms with E-state index in [1.54, 1.807) is 19.1 Å². The second kappa shape index (κ2) is 9.91. The van der Waals surface area contributed by atoms with E-state index in [2.05, 4.69) is 11.9 Å². The molecule has 3 heteroatoms. The number of hydrogen-bond acceptors (Lipinski definition) is 2. The Labute approximate surface area is 73.8 Å². The normalized spacial score (nSPS) is 9.75. The minimum Gasteiger partial charge on any atom is -0.478 e. The first-order valence-electron chi connectivity index (χ1n) is 3.69. The summed E-state index contributed by atoms with van der Waals surface area (Å²) in [6, 6.07) is 0. The molecule has 0 fully saturated rings. The molecule has 0 heterocycles. The molecule has 0 spiro atoms. The Morgan fingerprint density at radius 1 is 1.58 bits per heavy atom. The molecule has 0 aliphatic heterocycles. The van der Waals surface area contributed by atoms with Gasteiger partial charge in [-0.15, -0.1) is 6.58 Å². The predicted octanol–water partition coefficient (Wildman–Crippen LogP) is 1.43. The summed E-state index contributed by atoms with van der Waals surface area (Å²) in [5, 5.41) is 11.1. The summed E-state index contributed by atoms with van der Waals surface area (Å²) < 4.78 is 0. The van der Waals surface area contributed by atoms with Gasteiger partial charge in [-0.05, 0) is 27.4 Å². The van der Waals surface area contributed by atoms with Crippen LogP contribution in [0, 0.1) is 0 Å². The summed E-state index contributed by atoms with van der Waals surface area (Å²) in [6.45, 7) is 5.02. The van der Waals surface area contributed by atoms with Crippen LogP contribution in [0.4, 0.5) is 0 Å². The standard InChI is InChI=1S/C7H10O2.C2H7N/c1-3-4-5-6(2)7(8)9;1-3-2/h3,5H,1,4H2,2H3,(H,8,9);3H,1-2H3. The van der Waals surface area contributed by atoms with Gasteiger partial charge in [0.05, 0.1) is 0 Å². The zero-order valence-electron chi connectivity index (χ0n) is 7.92. The van der Waals surface area contributed by atoms with E-state index in [0.717, 1.165) is 0 Å². The average molecular weight is 171 g/mol. The molecule has 0 aromatic heterocycles. The quantitative estimate of drug-likeness (QED) is 0.499. The van der Waals surface area contributed by atoms with Crippen LogP contribution in [0.5, 0.6) is 0 Å². The summed E-state index contributed by atoms with van der Waals surface area (Å²) in [7, 11) is 3.75. The molecule has 0 aromatic rings. The number of hydrogen-bond donors (Lipinski definition) is 2. The predicted molar refractivity (Wildman–Crippen MR) is 51.2 cm³/mol. The molecule has 0 radical (unpaired) electrons. The van der Waals surface area contributed by atoms with Crippen molar-refractivity contribution in [1.29, 1.82) is 0 Å². The van der Waals surface area contributed by atoms with Crippen LogP contribution >= 0.6 is 0 Å². The van der Waals surface area contributed by atoms with Crippen LogP contribution in [0.2, 0.25) is 0 Å². The molecule has 0 atom stereocenters. The van der Waals surface area contributed by atoms with Crippen molar-refractivity contribution in [2.75, 3.05) is 14.1 Å². The van der Waals surface area contributed by atoms with Crippen molar-refractivity contribution in [2.24, 2.45) is 0 Å². The van der Waals surface area contributed by atoms with Crippen LogP contribution in [0.25, 0.3) is 0 Å². The molecule has 0 saturated heterocycles. The lowest BCUT2D eigenvalue weighted by molar-refractivity contribution is -0.132. The molecule has 70 valence electrons. The van der Waals surface area contributed by atoms with Crippen LogP contribution in [-0.2, 0) is 4.79 Å². The van der Waals surface area contributed by atoms with Crippen molar-refractivity contribution in [1.82, 2.24) is 5.32 Å². The molecule has 0 saturated carbocycles. The van der Waals surface area contributed by atoms with Gasteiger partial charge in [0.2, 0.25) is 0 Å². The van der Waals surface area contributed by atoms with Crippen molar-refractivity contribution in [3.8, 4) is 0 Å². The Morgan fingerprint density at radius 3 is 2.25 bits per heavy atom. The van der Waals surface area contributed by atoms with Gasteiger partial charge < -0.3 is 10.4 Å². The average Bonchev–Trinajstić information content (AvgIpc) is 2.01. The van der Waals surface area contributed by atoms with Gasteiger partial charge in [0.25, 0.3) is 0 Å². The van der Waals surface area contributed by atoms with Gasteiger partial charge in [0, 0.05) is 5.57 Å². The number of nitrogens with one attached hydrogen (secondary N) is 1.